The lowest BCUT2D eigenvalue weighted by atomic mass is 9.98. The van der Waals surface area contributed by atoms with Crippen LogP contribution in [0.1, 0.15) is 50.8 Å². The van der Waals surface area contributed by atoms with Gasteiger partial charge in [-0.05, 0) is 55.2 Å². The number of benzene rings is 2. The number of likely N-dealkylation sites (tertiary alicyclic amines) is 1. The summed E-state index contributed by atoms with van der Waals surface area (Å²) in [4.78, 5) is 38.9. The van der Waals surface area contributed by atoms with Crippen LogP contribution in [0.3, 0.4) is 0 Å². The lowest BCUT2D eigenvalue weighted by Gasteiger charge is -2.30. The van der Waals surface area contributed by atoms with E-state index in [4.69, 9.17) is 0 Å². The quantitative estimate of drug-likeness (QED) is 0.823. The van der Waals surface area contributed by atoms with Gasteiger partial charge in [-0.25, -0.2) is 4.79 Å². The number of para-hydroxylation sites is 1. The number of ether oxygens (including phenoxy) is 1. The number of piperidine rings is 1. The molecule has 0 atom stereocenters. The maximum atomic E-state index is 12.9. The van der Waals surface area contributed by atoms with E-state index in [1.165, 1.54) is 19.2 Å². The molecule has 2 aromatic rings. The van der Waals surface area contributed by atoms with Gasteiger partial charge in [0.25, 0.3) is 11.8 Å². The van der Waals surface area contributed by atoms with E-state index < -0.39 is 5.97 Å². The van der Waals surface area contributed by atoms with Crippen LogP contribution in [-0.4, -0.2) is 42.9 Å². The Hall–Kier alpha value is -3.15. The molecule has 1 fully saturated rings. The minimum absolute atomic E-state index is 0.0659. The highest BCUT2D eigenvalue weighted by atomic mass is 16.5. The highest BCUT2D eigenvalue weighted by molar-refractivity contribution is 6.09. The molecule has 0 radical (unpaired) electrons. The maximum Gasteiger partial charge on any atom is 0.337 e. The van der Waals surface area contributed by atoms with Gasteiger partial charge < -0.3 is 15.0 Å². The lowest BCUT2D eigenvalue weighted by Crippen LogP contribution is -2.38. The molecule has 2 aromatic carbocycles. The van der Waals surface area contributed by atoms with Crippen LogP contribution in [0.15, 0.2) is 48.5 Å². The topological polar surface area (TPSA) is 75.7 Å². The number of amides is 2. The summed E-state index contributed by atoms with van der Waals surface area (Å²) >= 11 is 0. The minimum atomic E-state index is -0.459. The number of rotatable bonds is 4. The Labute approximate surface area is 164 Å². The zero-order valence-corrected chi connectivity index (χ0v) is 16.1. The van der Waals surface area contributed by atoms with Gasteiger partial charge in [-0.1, -0.05) is 19.1 Å². The van der Waals surface area contributed by atoms with Crippen molar-refractivity contribution in [3.63, 3.8) is 0 Å². The van der Waals surface area contributed by atoms with E-state index in [9.17, 15) is 14.4 Å². The number of hydrogen-bond donors (Lipinski definition) is 1. The van der Waals surface area contributed by atoms with E-state index in [1.54, 1.807) is 36.4 Å². The number of esters is 1. The monoisotopic (exact) mass is 380 g/mol. The number of nitrogens with zero attached hydrogens (tertiary/aromatic N) is 1. The molecular formula is C22H24N2O4. The highest BCUT2D eigenvalue weighted by Crippen LogP contribution is 2.22. The third-order valence-electron chi connectivity index (χ3n) is 5.04. The molecule has 3 rings (SSSR count). The molecule has 0 unspecified atom stereocenters. The third-order valence-corrected chi connectivity index (χ3v) is 5.04. The summed E-state index contributed by atoms with van der Waals surface area (Å²) in [6.45, 7) is 3.66. The van der Waals surface area contributed by atoms with Crippen molar-refractivity contribution in [2.45, 2.75) is 19.8 Å². The molecule has 1 heterocycles. The zero-order chi connectivity index (χ0) is 20.1. The number of nitrogens with one attached hydrogen (secondary N) is 1. The molecule has 146 valence electrons. The second-order valence-electron chi connectivity index (χ2n) is 7.04. The SMILES string of the molecule is COC(=O)c1ccc(C(=O)Nc2ccccc2C(=O)N2CCC(C)CC2)cc1. The van der Waals surface area contributed by atoms with Crippen molar-refractivity contribution >= 4 is 23.5 Å². The predicted molar refractivity (Wildman–Crippen MR) is 106 cm³/mol. The van der Waals surface area contributed by atoms with Crippen molar-refractivity contribution in [1.29, 1.82) is 0 Å². The van der Waals surface area contributed by atoms with Crippen molar-refractivity contribution in [3.05, 3.63) is 65.2 Å². The molecule has 2 amide bonds. The van der Waals surface area contributed by atoms with Gasteiger partial charge in [-0.15, -0.1) is 0 Å². The van der Waals surface area contributed by atoms with Crippen LogP contribution < -0.4 is 5.32 Å². The lowest BCUT2D eigenvalue weighted by molar-refractivity contribution is 0.0599. The van der Waals surface area contributed by atoms with Gasteiger partial charge >= 0.3 is 5.97 Å². The fraction of sp³-hybridized carbons (Fsp3) is 0.318. The third kappa shape index (κ3) is 4.39. The van der Waals surface area contributed by atoms with Crippen molar-refractivity contribution in [2.75, 3.05) is 25.5 Å². The minimum Gasteiger partial charge on any atom is -0.465 e. The Morgan fingerprint density at radius 2 is 1.57 bits per heavy atom. The molecule has 6 heteroatoms. The Morgan fingerprint density at radius 3 is 2.21 bits per heavy atom. The van der Waals surface area contributed by atoms with Gasteiger partial charge in [0.05, 0.1) is 23.9 Å². The van der Waals surface area contributed by atoms with Crippen LogP contribution >= 0.6 is 0 Å². The summed E-state index contributed by atoms with van der Waals surface area (Å²) in [5.74, 6) is -0.238. The first kappa shape index (κ1) is 19.6. The molecule has 1 aliphatic rings. The standard InChI is InChI=1S/C22H24N2O4/c1-15-11-13-24(14-12-15)21(26)18-5-3-4-6-19(18)23-20(25)16-7-9-17(10-8-16)22(27)28-2/h3-10,15H,11-14H2,1-2H3,(H,23,25). The van der Waals surface area contributed by atoms with Gasteiger partial charge in [-0.3, -0.25) is 9.59 Å². The summed E-state index contributed by atoms with van der Waals surface area (Å²) in [5.41, 5.74) is 1.72. The zero-order valence-electron chi connectivity index (χ0n) is 16.1. The van der Waals surface area contributed by atoms with Crippen LogP contribution in [0.25, 0.3) is 0 Å². The Kier molecular flexibility index (Phi) is 6.09. The van der Waals surface area contributed by atoms with E-state index in [0.29, 0.717) is 28.3 Å². The Bertz CT molecular complexity index is 868. The fourth-order valence-electron chi connectivity index (χ4n) is 3.23. The Morgan fingerprint density at radius 1 is 0.964 bits per heavy atom. The predicted octanol–water partition coefficient (Wildman–Crippen LogP) is 3.60. The van der Waals surface area contributed by atoms with E-state index >= 15 is 0 Å². The molecule has 0 aliphatic carbocycles. The number of anilines is 1. The van der Waals surface area contributed by atoms with Gasteiger partial charge in [0.15, 0.2) is 0 Å². The first-order valence-corrected chi connectivity index (χ1v) is 9.37. The summed E-state index contributed by atoms with van der Waals surface area (Å²) in [7, 11) is 1.31. The second kappa shape index (κ2) is 8.69. The number of methoxy groups -OCH3 is 1. The molecule has 1 saturated heterocycles. The van der Waals surface area contributed by atoms with Crippen molar-refractivity contribution < 1.29 is 19.1 Å². The molecule has 1 N–H and O–H groups in total. The largest absolute Gasteiger partial charge is 0.465 e. The molecule has 1 aliphatic heterocycles. The maximum absolute atomic E-state index is 12.9. The van der Waals surface area contributed by atoms with Crippen LogP contribution in [0.2, 0.25) is 0 Å². The summed E-state index contributed by atoms with van der Waals surface area (Å²) in [5, 5.41) is 2.82. The first-order valence-electron chi connectivity index (χ1n) is 9.37. The molecule has 6 nitrogen and oxygen atoms in total. The smallest absolute Gasteiger partial charge is 0.337 e. The van der Waals surface area contributed by atoms with Crippen LogP contribution in [0, 0.1) is 5.92 Å². The summed E-state index contributed by atoms with van der Waals surface area (Å²) in [6.07, 6.45) is 1.99. The second-order valence-corrected chi connectivity index (χ2v) is 7.04. The summed E-state index contributed by atoms with van der Waals surface area (Å²) in [6, 6.07) is 13.2. The van der Waals surface area contributed by atoms with E-state index in [-0.39, 0.29) is 11.8 Å². The van der Waals surface area contributed by atoms with Crippen molar-refractivity contribution in [3.8, 4) is 0 Å². The number of hydrogen-bond acceptors (Lipinski definition) is 4. The van der Waals surface area contributed by atoms with Crippen molar-refractivity contribution in [1.82, 2.24) is 4.90 Å². The van der Waals surface area contributed by atoms with Crippen LogP contribution in [-0.2, 0) is 4.74 Å². The Balaban J connectivity index is 1.75. The van der Waals surface area contributed by atoms with E-state index in [2.05, 4.69) is 17.0 Å². The molecule has 28 heavy (non-hydrogen) atoms. The average molecular weight is 380 g/mol. The molecular weight excluding hydrogens is 356 g/mol. The van der Waals surface area contributed by atoms with Gasteiger partial charge in [0.2, 0.25) is 0 Å². The van der Waals surface area contributed by atoms with Gasteiger partial charge in [0, 0.05) is 18.7 Å². The van der Waals surface area contributed by atoms with E-state index in [1.807, 2.05) is 4.90 Å². The molecule has 0 bridgehead atoms. The number of carbonyl (C=O) groups excluding carboxylic acids is 3. The molecule has 0 saturated carbocycles. The molecule has 0 aromatic heterocycles. The van der Waals surface area contributed by atoms with E-state index in [0.717, 1.165) is 25.9 Å². The molecule has 0 spiro atoms. The highest BCUT2D eigenvalue weighted by Gasteiger charge is 2.23. The van der Waals surface area contributed by atoms with Gasteiger partial charge in [0.1, 0.15) is 0 Å². The normalized spacial score (nSPS) is 14.4. The van der Waals surface area contributed by atoms with Crippen molar-refractivity contribution in [2.24, 2.45) is 5.92 Å². The summed E-state index contributed by atoms with van der Waals surface area (Å²) < 4.78 is 4.66. The average Bonchev–Trinajstić information content (AvgIpc) is 2.73. The fourth-order valence-corrected chi connectivity index (χ4v) is 3.23. The number of carbonyl (C=O) groups is 3. The van der Waals surface area contributed by atoms with Gasteiger partial charge in [-0.2, -0.15) is 0 Å². The first-order chi connectivity index (χ1) is 13.5. The van der Waals surface area contributed by atoms with Crippen LogP contribution in [0.4, 0.5) is 5.69 Å². The van der Waals surface area contributed by atoms with Crippen LogP contribution in [0.5, 0.6) is 0 Å².